The Labute approximate surface area is 76.2 Å². The summed E-state index contributed by atoms with van der Waals surface area (Å²) in [7, 11) is 0. The highest BCUT2D eigenvalue weighted by molar-refractivity contribution is 5.75. The topological polar surface area (TPSA) is 78.0 Å². The van der Waals surface area contributed by atoms with Gasteiger partial charge in [-0.1, -0.05) is 0 Å². The van der Waals surface area contributed by atoms with Gasteiger partial charge in [-0.05, 0) is 0 Å². The van der Waals surface area contributed by atoms with E-state index in [9.17, 15) is 4.79 Å². The van der Waals surface area contributed by atoms with Gasteiger partial charge in [0.15, 0.2) is 0 Å². The third-order valence-electron chi connectivity index (χ3n) is 1.58. The molecule has 0 fully saturated rings. The van der Waals surface area contributed by atoms with E-state index in [1.807, 2.05) is 0 Å². The Morgan fingerprint density at radius 3 is 3.15 bits per heavy atom. The van der Waals surface area contributed by atoms with Gasteiger partial charge in [0, 0.05) is 31.8 Å². The Bertz CT molecular complexity index is 246. The molecule has 72 valence electrons. The Hall–Kier alpha value is -1.36. The monoisotopic (exact) mass is 183 g/mol. The van der Waals surface area contributed by atoms with Crippen molar-refractivity contribution in [2.45, 2.75) is 12.8 Å². The predicted octanol–water partition coefficient (Wildman–Crippen LogP) is -0.549. The zero-order chi connectivity index (χ0) is 9.52. The first-order chi connectivity index (χ1) is 6.33. The number of hydrogen-bond donors (Lipinski definition) is 3. The van der Waals surface area contributed by atoms with Gasteiger partial charge >= 0.3 is 0 Å². The Kier molecular flexibility index (Phi) is 3.98. The number of aromatic amines is 1. The van der Waals surface area contributed by atoms with E-state index in [1.54, 1.807) is 12.4 Å². The third-order valence-corrected chi connectivity index (χ3v) is 1.58. The van der Waals surface area contributed by atoms with Crippen molar-refractivity contribution in [3.63, 3.8) is 0 Å². The highest BCUT2D eigenvalue weighted by atomic mass is 16.3. The van der Waals surface area contributed by atoms with Gasteiger partial charge in [0.2, 0.25) is 5.91 Å². The molecule has 0 saturated carbocycles. The van der Waals surface area contributed by atoms with Crippen molar-refractivity contribution in [2.75, 3.05) is 13.2 Å². The molecule has 3 N–H and O–H groups in total. The molecule has 1 heterocycles. The molecular formula is C8H13N3O2. The van der Waals surface area contributed by atoms with Gasteiger partial charge < -0.3 is 15.4 Å². The number of nitrogens with zero attached hydrogens (tertiary/aromatic N) is 1. The number of amides is 1. The predicted molar refractivity (Wildman–Crippen MR) is 47.0 cm³/mol. The molecule has 1 amide bonds. The lowest BCUT2D eigenvalue weighted by Crippen LogP contribution is -2.26. The molecule has 0 spiro atoms. The van der Waals surface area contributed by atoms with Crippen LogP contribution in [-0.2, 0) is 11.2 Å². The van der Waals surface area contributed by atoms with E-state index in [-0.39, 0.29) is 18.9 Å². The minimum absolute atomic E-state index is 0.105. The number of nitrogens with one attached hydrogen (secondary N) is 2. The first-order valence-electron chi connectivity index (χ1n) is 4.18. The van der Waals surface area contributed by atoms with Crippen LogP contribution in [0.4, 0.5) is 0 Å². The van der Waals surface area contributed by atoms with Crippen LogP contribution < -0.4 is 5.32 Å². The molecule has 0 unspecified atom stereocenters. The number of aromatic nitrogens is 2. The minimum Gasteiger partial charge on any atom is -0.396 e. The average molecular weight is 183 g/mol. The zero-order valence-electron chi connectivity index (χ0n) is 7.29. The molecule has 0 aliphatic heterocycles. The van der Waals surface area contributed by atoms with Crippen LogP contribution in [0.3, 0.4) is 0 Å². The van der Waals surface area contributed by atoms with Crippen molar-refractivity contribution in [2.24, 2.45) is 0 Å². The Morgan fingerprint density at radius 1 is 1.69 bits per heavy atom. The van der Waals surface area contributed by atoms with Crippen molar-refractivity contribution in [3.8, 4) is 0 Å². The van der Waals surface area contributed by atoms with Gasteiger partial charge in [0.25, 0.3) is 0 Å². The normalized spacial score (nSPS) is 9.92. The summed E-state index contributed by atoms with van der Waals surface area (Å²) in [5.41, 5.74) is 0. The van der Waals surface area contributed by atoms with E-state index in [4.69, 9.17) is 5.11 Å². The number of aliphatic hydroxyl groups excluding tert-OH is 1. The maximum atomic E-state index is 10.9. The van der Waals surface area contributed by atoms with E-state index in [0.29, 0.717) is 13.0 Å². The van der Waals surface area contributed by atoms with Crippen LogP contribution in [0.25, 0.3) is 0 Å². The molecule has 0 aromatic carbocycles. The van der Waals surface area contributed by atoms with Gasteiger partial charge in [-0.15, -0.1) is 0 Å². The lowest BCUT2D eigenvalue weighted by atomic mass is 10.3. The van der Waals surface area contributed by atoms with Gasteiger partial charge in [-0.2, -0.15) is 0 Å². The van der Waals surface area contributed by atoms with Gasteiger partial charge in [-0.25, -0.2) is 4.98 Å². The fourth-order valence-corrected chi connectivity index (χ4v) is 0.945. The number of rotatable bonds is 5. The number of imidazole rings is 1. The SMILES string of the molecule is O=C(CCO)NCCc1ncc[nH]1. The van der Waals surface area contributed by atoms with Crippen LogP contribution in [0.5, 0.6) is 0 Å². The van der Waals surface area contributed by atoms with Crippen molar-refractivity contribution >= 4 is 5.91 Å². The van der Waals surface area contributed by atoms with E-state index < -0.39 is 0 Å². The molecule has 5 heteroatoms. The van der Waals surface area contributed by atoms with E-state index in [2.05, 4.69) is 15.3 Å². The lowest BCUT2D eigenvalue weighted by Gasteiger charge is -2.01. The smallest absolute Gasteiger partial charge is 0.222 e. The van der Waals surface area contributed by atoms with Crippen LogP contribution in [-0.4, -0.2) is 34.1 Å². The number of H-pyrrole nitrogens is 1. The van der Waals surface area contributed by atoms with Crippen molar-refractivity contribution in [1.29, 1.82) is 0 Å². The number of hydrogen-bond acceptors (Lipinski definition) is 3. The minimum atomic E-state index is -0.131. The molecule has 1 rings (SSSR count). The maximum Gasteiger partial charge on any atom is 0.222 e. The van der Waals surface area contributed by atoms with Gasteiger partial charge in [-0.3, -0.25) is 4.79 Å². The molecule has 0 atom stereocenters. The Balaban J connectivity index is 2.11. The quantitative estimate of drug-likeness (QED) is 0.573. The summed E-state index contributed by atoms with van der Waals surface area (Å²) in [4.78, 5) is 17.8. The second kappa shape index (κ2) is 5.31. The summed E-state index contributed by atoms with van der Waals surface area (Å²) in [6.45, 7) is 0.443. The van der Waals surface area contributed by atoms with Crippen LogP contribution in [0.1, 0.15) is 12.2 Å². The van der Waals surface area contributed by atoms with Gasteiger partial charge in [0.05, 0.1) is 6.61 Å². The largest absolute Gasteiger partial charge is 0.396 e. The van der Waals surface area contributed by atoms with Crippen molar-refractivity contribution < 1.29 is 9.90 Å². The van der Waals surface area contributed by atoms with Crippen LogP contribution >= 0.6 is 0 Å². The standard InChI is InChI=1S/C8H13N3O2/c12-6-2-8(13)11-3-1-7-9-4-5-10-7/h4-5,12H,1-3,6H2,(H,9,10)(H,11,13). The molecule has 5 nitrogen and oxygen atoms in total. The molecule has 13 heavy (non-hydrogen) atoms. The van der Waals surface area contributed by atoms with Crippen molar-refractivity contribution in [3.05, 3.63) is 18.2 Å². The van der Waals surface area contributed by atoms with E-state index >= 15 is 0 Å². The highest BCUT2D eigenvalue weighted by Crippen LogP contribution is 1.88. The first kappa shape index (κ1) is 9.73. The summed E-state index contributed by atoms with van der Waals surface area (Å²) in [6.07, 6.45) is 4.26. The molecule has 0 radical (unpaired) electrons. The van der Waals surface area contributed by atoms with Crippen LogP contribution in [0, 0.1) is 0 Å². The van der Waals surface area contributed by atoms with Crippen LogP contribution in [0.15, 0.2) is 12.4 Å². The van der Waals surface area contributed by atoms with E-state index in [1.165, 1.54) is 0 Å². The summed E-state index contributed by atoms with van der Waals surface area (Å²) < 4.78 is 0. The number of carbonyl (C=O) groups excluding carboxylic acids is 1. The molecular weight excluding hydrogens is 170 g/mol. The maximum absolute atomic E-state index is 10.9. The molecule has 1 aromatic heterocycles. The number of aliphatic hydroxyl groups is 1. The molecule has 0 bridgehead atoms. The lowest BCUT2D eigenvalue weighted by molar-refractivity contribution is -0.121. The summed E-state index contributed by atoms with van der Waals surface area (Å²) in [6, 6.07) is 0. The second-order valence-corrected chi connectivity index (χ2v) is 2.61. The second-order valence-electron chi connectivity index (χ2n) is 2.61. The average Bonchev–Trinajstić information content (AvgIpc) is 2.57. The first-order valence-corrected chi connectivity index (χ1v) is 4.18. The van der Waals surface area contributed by atoms with Gasteiger partial charge in [0.1, 0.15) is 5.82 Å². The highest BCUT2D eigenvalue weighted by Gasteiger charge is 1.99. The molecule has 0 aliphatic carbocycles. The van der Waals surface area contributed by atoms with Crippen molar-refractivity contribution in [1.82, 2.24) is 15.3 Å². The fourth-order valence-electron chi connectivity index (χ4n) is 0.945. The molecule has 1 aromatic rings. The number of carbonyl (C=O) groups is 1. The molecule has 0 aliphatic rings. The summed E-state index contributed by atoms with van der Waals surface area (Å²) >= 11 is 0. The summed E-state index contributed by atoms with van der Waals surface area (Å²) in [5.74, 6) is 0.721. The summed E-state index contributed by atoms with van der Waals surface area (Å²) in [5, 5.41) is 11.1. The fraction of sp³-hybridized carbons (Fsp3) is 0.500. The van der Waals surface area contributed by atoms with Crippen LogP contribution in [0.2, 0.25) is 0 Å². The molecule has 0 saturated heterocycles. The zero-order valence-corrected chi connectivity index (χ0v) is 7.29. The third kappa shape index (κ3) is 3.71. The van der Waals surface area contributed by atoms with E-state index in [0.717, 1.165) is 5.82 Å². The Morgan fingerprint density at radius 2 is 2.54 bits per heavy atom.